The van der Waals surface area contributed by atoms with E-state index in [0.29, 0.717) is 0 Å². The van der Waals surface area contributed by atoms with Gasteiger partial charge in [0.2, 0.25) is 0 Å². The fourth-order valence-corrected chi connectivity index (χ4v) is 0.480. The molecule has 78 valence electrons. The Balaban J connectivity index is 0.000000223. The fraction of sp³-hybridized carbons (Fsp3) is 0.833. The summed E-state index contributed by atoms with van der Waals surface area (Å²) in [5.41, 5.74) is 0. The van der Waals surface area contributed by atoms with E-state index in [1.165, 1.54) is 0 Å². The van der Waals surface area contributed by atoms with Gasteiger partial charge in [-0.1, -0.05) is 0 Å². The first-order valence-electron chi connectivity index (χ1n) is 3.47. The van der Waals surface area contributed by atoms with Crippen molar-refractivity contribution in [3.05, 3.63) is 0 Å². The van der Waals surface area contributed by atoms with Gasteiger partial charge in [-0.05, 0) is 13.0 Å². The molecule has 0 radical (unpaired) electrons. The monoisotopic (exact) mass is 203 g/mol. The Morgan fingerprint density at radius 2 is 1.92 bits per heavy atom. The smallest absolute Gasteiger partial charge is 0.475 e. The van der Waals surface area contributed by atoms with Crippen molar-refractivity contribution in [2.75, 3.05) is 13.2 Å². The Hall–Kier alpha value is -0.850. The Bertz CT molecular complexity index is 164. The van der Waals surface area contributed by atoms with E-state index < -0.39 is 12.1 Å². The first kappa shape index (κ1) is 12.2. The van der Waals surface area contributed by atoms with Gasteiger partial charge in [0, 0.05) is 6.04 Å². The first-order chi connectivity index (χ1) is 5.88. The van der Waals surface area contributed by atoms with Crippen molar-refractivity contribution >= 4 is 5.97 Å². The molecule has 1 heterocycles. The lowest BCUT2D eigenvalue weighted by Gasteiger charge is -2.23. The molecule has 0 amide bonds. The van der Waals surface area contributed by atoms with Gasteiger partial charge < -0.3 is 10.4 Å². The number of halogens is 4. The maximum Gasteiger partial charge on any atom is 0.490 e. The number of carbonyl (C=O) groups is 1. The normalized spacial score (nSPS) is 21.1. The van der Waals surface area contributed by atoms with Crippen molar-refractivity contribution in [3.8, 4) is 0 Å². The minimum Gasteiger partial charge on any atom is -0.475 e. The van der Waals surface area contributed by atoms with Gasteiger partial charge >= 0.3 is 12.1 Å². The van der Waals surface area contributed by atoms with Crippen molar-refractivity contribution in [2.45, 2.75) is 18.6 Å². The largest absolute Gasteiger partial charge is 0.490 e. The highest BCUT2D eigenvalue weighted by Gasteiger charge is 2.38. The summed E-state index contributed by atoms with van der Waals surface area (Å²) in [7, 11) is 0. The van der Waals surface area contributed by atoms with Gasteiger partial charge in [0.15, 0.2) is 0 Å². The van der Waals surface area contributed by atoms with Gasteiger partial charge in [0.25, 0.3) is 0 Å². The highest BCUT2D eigenvalue weighted by molar-refractivity contribution is 5.73. The minimum atomic E-state index is -5.08. The Labute approximate surface area is 71.7 Å². The van der Waals surface area contributed by atoms with E-state index in [1.54, 1.807) is 0 Å². The van der Waals surface area contributed by atoms with E-state index >= 15 is 0 Å². The summed E-state index contributed by atoms with van der Waals surface area (Å²) in [6, 6.07) is 0.199. The lowest BCUT2D eigenvalue weighted by Crippen LogP contribution is -2.44. The summed E-state index contributed by atoms with van der Waals surface area (Å²) in [6.07, 6.45) is -4.06. The Morgan fingerprint density at radius 3 is 1.92 bits per heavy atom. The van der Waals surface area contributed by atoms with Gasteiger partial charge in [0.05, 0.1) is 0 Å². The van der Waals surface area contributed by atoms with Gasteiger partial charge in [-0.3, -0.25) is 0 Å². The second kappa shape index (κ2) is 5.00. The summed E-state index contributed by atoms with van der Waals surface area (Å²) < 4.78 is 43.1. The standard InChI is InChI=1S/C4H8FN.C2HF3O2/c5-3-4-1-2-6-4;3-2(4,5)1(6)7/h4,6H,1-3H2;(H,6,7)/t4-;/m0./s1. The summed E-state index contributed by atoms with van der Waals surface area (Å²) >= 11 is 0. The van der Waals surface area contributed by atoms with Crippen LogP contribution in [0, 0.1) is 0 Å². The molecule has 0 aromatic carbocycles. The van der Waals surface area contributed by atoms with Crippen molar-refractivity contribution in [2.24, 2.45) is 0 Å². The van der Waals surface area contributed by atoms with Crippen LogP contribution in [0.25, 0.3) is 0 Å². The van der Waals surface area contributed by atoms with Crippen LogP contribution in [0.4, 0.5) is 17.6 Å². The van der Waals surface area contributed by atoms with Gasteiger partial charge in [-0.15, -0.1) is 0 Å². The van der Waals surface area contributed by atoms with Crippen LogP contribution in [0.5, 0.6) is 0 Å². The molecule has 0 aliphatic carbocycles. The molecule has 0 spiro atoms. The van der Waals surface area contributed by atoms with Crippen LogP contribution in [-0.4, -0.2) is 36.5 Å². The number of carboxylic acids is 1. The molecule has 1 saturated heterocycles. The van der Waals surface area contributed by atoms with Crippen LogP contribution in [0.3, 0.4) is 0 Å². The molecule has 1 atom stereocenters. The molecule has 7 heteroatoms. The third-order valence-corrected chi connectivity index (χ3v) is 1.35. The van der Waals surface area contributed by atoms with Crippen LogP contribution < -0.4 is 5.32 Å². The van der Waals surface area contributed by atoms with E-state index in [9.17, 15) is 17.6 Å². The molecule has 13 heavy (non-hydrogen) atoms. The molecular weight excluding hydrogens is 194 g/mol. The molecular formula is C6H9F4NO2. The van der Waals surface area contributed by atoms with Crippen molar-refractivity contribution in [1.82, 2.24) is 5.32 Å². The summed E-state index contributed by atoms with van der Waals surface area (Å²) in [6.45, 7) is 0.814. The molecule has 1 aliphatic heterocycles. The Kier molecular flexibility index (Phi) is 4.68. The average molecular weight is 203 g/mol. The number of aliphatic carboxylic acids is 1. The number of rotatable bonds is 1. The van der Waals surface area contributed by atoms with E-state index in [4.69, 9.17) is 9.90 Å². The number of carboxylic acid groups (broad SMARTS) is 1. The fourth-order valence-electron chi connectivity index (χ4n) is 0.480. The highest BCUT2D eigenvalue weighted by Crippen LogP contribution is 2.13. The SMILES string of the molecule is FC[C@@H]1CCN1.O=C(O)C(F)(F)F. The molecule has 1 fully saturated rings. The molecule has 1 rings (SSSR count). The zero-order chi connectivity index (χ0) is 10.5. The van der Waals surface area contributed by atoms with Crippen LogP contribution >= 0.6 is 0 Å². The number of hydrogen-bond donors (Lipinski definition) is 2. The van der Waals surface area contributed by atoms with E-state index in [2.05, 4.69) is 5.32 Å². The Morgan fingerprint density at radius 1 is 1.54 bits per heavy atom. The third-order valence-electron chi connectivity index (χ3n) is 1.35. The average Bonchev–Trinajstić information content (AvgIpc) is 1.83. The number of alkyl halides is 4. The van der Waals surface area contributed by atoms with Gasteiger partial charge in [-0.2, -0.15) is 13.2 Å². The molecule has 1 aliphatic rings. The molecule has 0 saturated carbocycles. The van der Waals surface area contributed by atoms with Crippen molar-refractivity contribution < 1.29 is 27.5 Å². The molecule has 3 nitrogen and oxygen atoms in total. The highest BCUT2D eigenvalue weighted by atomic mass is 19.4. The van der Waals surface area contributed by atoms with E-state index in [1.807, 2.05) is 0 Å². The summed E-state index contributed by atoms with van der Waals surface area (Å²) in [5.74, 6) is -2.76. The van der Waals surface area contributed by atoms with E-state index in [-0.39, 0.29) is 12.7 Å². The zero-order valence-electron chi connectivity index (χ0n) is 6.57. The topological polar surface area (TPSA) is 49.3 Å². The summed E-state index contributed by atoms with van der Waals surface area (Å²) in [5, 5.41) is 10.0. The lowest BCUT2D eigenvalue weighted by molar-refractivity contribution is -0.192. The predicted molar refractivity (Wildman–Crippen MR) is 36.1 cm³/mol. The lowest BCUT2D eigenvalue weighted by atomic mass is 10.1. The van der Waals surface area contributed by atoms with Crippen LogP contribution in [0.1, 0.15) is 6.42 Å². The molecule has 0 unspecified atom stereocenters. The van der Waals surface area contributed by atoms with Crippen LogP contribution in [0.15, 0.2) is 0 Å². The molecule has 0 aromatic heterocycles. The predicted octanol–water partition coefficient (Wildman–Crippen LogP) is 0.951. The summed E-state index contributed by atoms with van der Waals surface area (Å²) in [4.78, 5) is 8.90. The second-order valence-corrected chi connectivity index (χ2v) is 2.40. The van der Waals surface area contributed by atoms with Gasteiger partial charge in [0.1, 0.15) is 6.67 Å². The number of hydrogen-bond acceptors (Lipinski definition) is 2. The van der Waals surface area contributed by atoms with Crippen LogP contribution in [-0.2, 0) is 4.79 Å². The molecule has 0 bridgehead atoms. The van der Waals surface area contributed by atoms with Crippen molar-refractivity contribution in [3.63, 3.8) is 0 Å². The second-order valence-electron chi connectivity index (χ2n) is 2.40. The zero-order valence-corrected chi connectivity index (χ0v) is 6.57. The maximum absolute atomic E-state index is 11.4. The van der Waals surface area contributed by atoms with E-state index in [0.717, 1.165) is 13.0 Å². The molecule has 0 aromatic rings. The maximum atomic E-state index is 11.4. The first-order valence-corrected chi connectivity index (χ1v) is 3.47. The van der Waals surface area contributed by atoms with Gasteiger partial charge in [-0.25, -0.2) is 9.18 Å². The third kappa shape index (κ3) is 5.40. The quantitative estimate of drug-likeness (QED) is 0.624. The van der Waals surface area contributed by atoms with Crippen LogP contribution in [0.2, 0.25) is 0 Å². The van der Waals surface area contributed by atoms with Crippen molar-refractivity contribution in [1.29, 1.82) is 0 Å². The number of nitrogens with one attached hydrogen (secondary N) is 1. The molecule has 2 N–H and O–H groups in total. The minimum absolute atomic E-state index is 0.194.